The highest BCUT2D eigenvalue weighted by Gasteiger charge is 2.28. The summed E-state index contributed by atoms with van der Waals surface area (Å²) in [5.74, 6) is -0.442. The van der Waals surface area contributed by atoms with Crippen molar-refractivity contribution in [2.45, 2.75) is 0 Å². The Morgan fingerprint density at radius 2 is 1.86 bits per heavy atom. The summed E-state index contributed by atoms with van der Waals surface area (Å²) in [6, 6.07) is 4.51. The fourth-order valence-electron chi connectivity index (χ4n) is 3.86. The minimum atomic E-state index is -1.03. The Balaban J connectivity index is 1.71. The quantitative estimate of drug-likeness (QED) is 0.820. The molecular formula is C19H24FN5O2S. The molecule has 0 bridgehead atoms. The number of benzene rings is 1. The van der Waals surface area contributed by atoms with Crippen LogP contribution >= 0.6 is 0 Å². The maximum Gasteiger partial charge on any atom is 0.257 e. The van der Waals surface area contributed by atoms with Gasteiger partial charge in [0.25, 0.3) is 5.91 Å². The zero-order valence-corrected chi connectivity index (χ0v) is 16.7. The van der Waals surface area contributed by atoms with E-state index in [1.165, 1.54) is 12.1 Å². The summed E-state index contributed by atoms with van der Waals surface area (Å²) in [7, 11) is -1.03. The van der Waals surface area contributed by atoms with Gasteiger partial charge in [-0.15, -0.1) is 0 Å². The van der Waals surface area contributed by atoms with Gasteiger partial charge in [0.15, 0.2) is 0 Å². The highest BCUT2D eigenvalue weighted by molar-refractivity contribution is 7.81. The van der Waals surface area contributed by atoms with Gasteiger partial charge in [0.05, 0.1) is 27.8 Å². The SMILES string of the molecule is CS(=O)N1CCN(C(=O)c2cnc3ccc(F)cc3c2N2CCNCC2)CC1. The molecule has 0 radical (unpaired) electrons. The molecule has 7 nitrogen and oxygen atoms in total. The Morgan fingerprint density at radius 1 is 1.14 bits per heavy atom. The molecule has 28 heavy (non-hydrogen) atoms. The van der Waals surface area contributed by atoms with Crippen LogP contribution in [0.1, 0.15) is 10.4 Å². The molecular weight excluding hydrogens is 381 g/mol. The number of hydrogen-bond acceptors (Lipinski definition) is 5. The first-order chi connectivity index (χ1) is 13.5. The van der Waals surface area contributed by atoms with Crippen molar-refractivity contribution in [1.29, 1.82) is 0 Å². The Kier molecular flexibility index (Phi) is 5.56. The minimum Gasteiger partial charge on any atom is -0.368 e. The van der Waals surface area contributed by atoms with Crippen LogP contribution in [-0.2, 0) is 11.0 Å². The average Bonchev–Trinajstić information content (AvgIpc) is 2.73. The van der Waals surface area contributed by atoms with Crippen LogP contribution in [0.5, 0.6) is 0 Å². The molecule has 1 unspecified atom stereocenters. The van der Waals surface area contributed by atoms with Gasteiger partial charge < -0.3 is 15.1 Å². The van der Waals surface area contributed by atoms with Crippen LogP contribution in [0.2, 0.25) is 0 Å². The predicted molar refractivity (Wildman–Crippen MR) is 108 cm³/mol. The molecule has 1 aromatic carbocycles. The van der Waals surface area contributed by atoms with Crippen LogP contribution in [0.3, 0.4) is 0 Å². The molecule has 150 valence electrons. The molecule has 1 atom stereocenters. The van der Waals surface area contributed by atoms with Crippen molar-refractivity contribution in [2.24, 2.45) is 0 Å². The van der Waals surface area contributed by atoms with Crippen LogP contribution in [-0.4, -0.2) is 82.9 Å². The van der Waals surface area contributed by atoms with Crippen LogP contribution in [0.4, 0.5) is 10.1 Å². The summed E-state index contributed by atoms with van der Waals surface area (Å²) in [6.07, 6.45) is 3.27. The number of nitrogens with zero attached hydrogens (tertiary/aromatic N) is 4. The van der Waals surface area contributed by atoms with Crippen LogP contribution in [0.25, 0.3) is 10.9 Å². The number of nitrogens with one attached hydrogen (secondary N) is 1. The van der Waals surface area contributed by atoms with Gasteiger partial charge in [-0.05, 0) is 18.2 Å². The van der Waals surface area contributed by atoms with Crippen LogP contribution in [0, 0.1) is 5.82 Å². The first-order valence-corrected chi connectivity index (χ1v) is 11.0. The van der Waals surface area contributed by atoms with Gasteiger partial charge in [-0.25, -0.2) is 12.9 Å². The van der Waals surface area contributed by atoms with E-state index in [2.05, 4.69) is 15.2 Å². The van der Waals surface area contributed by atoms with Gasteiger partial charge >= 0.3 is 0 Å². The number of fused-ring (bicyclic) bond motifs is 1. The third-order valence-corrected chi connectivity index (χ3v) is 6.45. The molecule has 0 aliphatic carbocycles. The van der Waals surface area contributed by atoms with E-state index in [1.807, 2.05) is 4.31 Å². The number of anilines is 1. The van der Waals surface area contributed by atoms with E-state index in [4.69, 9.17) is 0 Å². The molecule has 0 spiro atoms. The molecule has 2 aromatic rings. The molecule has 0 saturated carbocycles. The second kappa shape index (κ2) is 8.10. The Hall–Kier alpha value is -2.10. The minimum absolute atomic E-state index is 0.103. The zero-order valence-electron chi connectivity index (χ0n) is 15.9. The highest BCUT2D eigenvalue weighted by atomic mass is 32.2. The van der Waals surface area contributed by atoms with Gasteiger partial charge in [0, 0.05) is 70.2 Å². The molecule has 1 N–H and O–H groups in total. The molecule has 3 heterocycles. The van der Waals surface area contributed by atoms with E-state index < -0.39 is 11.0 Å². The van der Waals surface area contributed by atoms with Crippen molar-refractivity contribution in [1.82, 2.24) is 19.5 Å². The summed E-state index contributed by atoms with van der Waals surface area (Å²) in [4.78, 5) is 21.7. The molecule has 4 rings (SSSR count). The van der Waals surface area contributed by atoms with E-state index in [0.717, 1.165) is 31.9 Å². The normalized spacial score (nSPS) is 19.8. The lowest BCUT2D eigenvalue weighted by Crippen LogP contribution is -2.49. The second-order valence-corrected chi connectivity index (χ2v) is 8.43. The van der Waals surface area contributed by atoms with Gasteiger partial charge in [-0.1, -0.05) is 0 Å². The first kappa shape index (κ1) is 19.2. The van der Waals surface area contributed by atoms with Crippen molar-refractivity contribution in [2.75, 3.05) is 63.5 Å². The van der Waals surface area contributed by atoms with Gasteiger partial charge in [-0.2, -0.15) is 0 Å². The Bertz CT molecular complexity index is 911. The number of carbonyl (C=O) groups excluding carboxylic acids is 1. The topological polar surface area (TPSA) is 68.8 Å². The third-order valence-electron chi connectivity index (χ3n) is 5.35. The third kappa shape index (κ3) is 3.74. The number of amides is 1. The molecule has 2 aliphatic heterocycles. The van der Waals surface area contributed by atoms with Gasteiger partial charge in [-0.3, -0.25) is 9.78 Å². The number of aromatic nitrogens is 1. The lowest BCUT2D eigenvalue weighted by atomic mass is 10.1. The molecule has 1 amide bonds. The number of piperazine rings is 2. The van der Waals surface area contributed by atoms with E-state index in [9.17, 15) is 13.4 Å². The van der Waals surface area contributed by atoms with Gasteiger partial charge in [0.2, 0.25) is 0 Å². The van der Waals surface area contributed by atoms with Crippen molar-refractivity contribution >= 4 is 33.5 Å². The number of pyridine rings is 1. The first-order valence-electron chi connectivity index (χ1n) is 9.46. The molecule has 2 fully saturated rings. The average molecular weight is 405 g/mol. The second-order valence-electron chi connectivity index (χ2n) is 7.06. The Labute approximate surface area is 166 Å². The number of hydrogen-bond donors (Lipinski definition) is 1. The van der Waals surface area contributed by atoms with E-state index >= 15 is 0 Å². The van der Waals surface area contributed by atoms with Gasteiger partial charge in [0.1, 0.15) is 5.82 Å². The maximum atomic E-state index is 14.0. The lowest BCUT2D eigenvalue weighted by Gasteiger charge is -2.35. The molecule has 2 aliphatic rings. The van der Waals surface area contributed by atoms with Crippen molar-refractivity contribution < 1.29 is 13.4 Å². The maximum absolute atomic E-state index is 14.0. The summed E-state index contributed by atoms with van der Waals surface area (Å²) < 4.78 is 27.5. The molecule has 1 aromatic heterocycles. The zero-order chi connectivity index (χ0) is 19.7. The monoisotopic (exact) mass is 405 g/mol. The number of halogens is 1. The van der Waals surface area contributed by atoms with E-state index in [1.54, 1.807) is 23.4 Å². The fraction of sp³-hybridized carbons (Fsp3) is 0.474. The van der Waals surface area contributed by atoms with E-state index in [0.29, 0.717) is 42.6 Å². The standard InChI is InChI=1S/C19H24FN5O2S/c1-28(27)25-10-8-24(9-11-25)19(26)16-13-22-17-3-2-14(20)12-15(17)18(16)23-6-4-21-5-7-23/h2-3,12-13,21H,4-11H2,1H3. The fourth-order valence-corrected chi connectivity index (χ4v) is 4.53. The van der Waals surface area contributed by atoms with Crippen LogP contribution in [0.15, 0.2) is 24.4 Å². The lowest BCUT2D eigenvalue weighted by molar-refractivity contribution is 0.0701. The Morgan fingerprint density at radius 3 is 2.54 bits per heavy atom. The molecule has 9 heteroatoms. The van der Waals surface area contributed by atoms with Crippen molar-refractivity contribution in [3.63, 3.8) is 0 Å². The molecule has 2 saturated heterocycles. The van der Waals surface area contributed by atoms with Crippen molar-refractivity contribution in [3.05, 3.63) is 35.8 Å². The summed E-state index contributed by atoms with van der Waals surface area (Å²) >= 11 is 0. The smallest absolute Gasteiger partial charge is 0.257 e. The number of rotatable bonds is 3. The largest absolute Gasteiger partial charge is 0.368 e. The van der Waals surface area contributed by atoms with Crippen LogP contribution < -0.4 is 10.2 Å². The predicted octanol–water partition coefficient (Wildman–Crippen LogP) is 0.835. The highest BCUT2D eigenvalue weighted by Crippen LogP contribution is 2.31. The van der Waals surface area contributed by atoms with E-state index in [-0.39, 0.29) is 11.7 Å². The summed E-state index contributed by atoms with van der Waals surface area (Å²) in [5, 5.41) is 3.98. The summed E-state index contributed by atoms with van der Waals surface area (Å²) in [6.45, 7) is 5.31. The summed E-state index contributed by atoms with van der Waals surface area (Å²) in [5.41, 5.74) is 1.95. The van der Waals surface area contributed by atoms with Crippen molar-refractivity contribution in [3.8, 4) is 0 Å². The number of carbonyl (C=O) groups is 1.